The van der Waals surface area contributed by atoms with E-state index in [0.717, 1.165) is 19.5 Å². The Labute approximate surface area is 114 Å². The number of hydrogen-bond donors (Lipinski definition) is 2. The van der Waals surface area contributed by atoms with E-state index in [0.29, 0.717) is 6.42 Å². The summed E-state index contributed by atoms with van der Waals surface area (Å²) in [5.41, 5.74) is -0.138. The van der Waals surface area contributed by atoms with Crippen LogP contribution in [0.3, 0.4) is 0 Å². The number of carbonyl (C=O) groups is 1. The van der Waals surface area contributed by atoms with Gasteiger partial charge in [0, 0.05) is 34.8 Å². The van der Waals surface area contributed by atoms with E-state index in [1.165, 1.54) is 9.75 Å². The largest absolute Gasteiger partial charge is 0.351 e. The maximum atomic E-state index is 11.6. The monoisotopic (exact) mass is 268 g/mol. The van der Waals surface area contributed by atoms with Crippen molar-refractivity contribution in [1.82, 2.24) is 10.6 Å². The van der Waals surface area contributed by atoms with Gasteiger partial charge in [0.05, 0.1) is 0 Å². The number of carbonyl (C=O) groups excluding carboxylic acids is 1. The second-order valence-electron chi connectivity index (χ2n) is 5.45. The van der Waals surface area contributed by atoms with E-state index < -0.39 is 0 Å². The molecule has 4 heteroatoms. The normalized spacial score (nSPS) is 11.6. The Hall–Kier alpha value is -0.870. The summed E-state index contributed by atoms with van der Waals surface area (Å²) in [5, 5.41) is 6.26. The van der Waals surface area contributed by atoms with Crippen LogP contribution >= 0.6 is 11.3 Å². The fraction of sp³-hybridized carbons (Fsp3) is 0.643. The zero-order valence-electron chi connectivity index (χ0n) is 11.8. The first-order chi connectivity index (χ1) is 8.40. The van der Waals surface area contributed by atoms with Crippen molar-refractivity contribution in [3.8, 4) is 0 Å². The average Bonchev–Trinajstić information content (AvgIpc) is 2.70. The van der Waals surface area contributed by atoms with E-state index in [9.17, 15) is 4.79 Å². The van der Waals surface area contributed by atoms with Gasteiger partial charge in [0.25, 0.3) is 0 Å². The van der Waals surface area contributed by atoms with Crippen molar-refractivity contribution in [2.75, 3.05) is 6.54 Å². The molecule has 102 valence electrons. The Morgan fingerprint density at radius 1 is 1.28 bits per heavy atom. The second kappa shape index (κ2) is 6.90. The van der Waals surface area contributed by atoms with Crippen LogP contribution in [-0.4, -0.2) is 18.0 Å². The van der Waals surface area contributed by atoms with Crippen molar-refractivity contribution >= 4 is 17.2 Å². The summed E-state index contributed by atoms with van der Waals surface area (Å²) in [7, 11) is 0. The molecule has 1 heterocycles. The van der Waals surface area contributed by atoms with Crippen molar-refractivity contribution in [3.05, 3.63) is 21.9 Å². The Morgan fingerprint density at radius 3 is 2.50 bits per heavy atom. The van der Waals surface area contributed by atoms with Crippen LogP contribution in [0, 0.1) is 0 Å². The molecule has 0 aliphatic rings. The van der Waals surface area contributed by atoms with Crippen LogP contribution in [0.2, 0.25) is 0 Å². The van der Waals surface area contributed by atoms with Crippen LogP contribution in [-0.2, 0) is 17.8 Å². The molecule has 0 spiro atoms. The topological polar surface area (TPSA) is 41.1 Å². The van der Waals surface area contributed by atoms with Gasteiger partial charge in [-0.2, -0.15) is 0 Å². The lowest BCUT2D eigenvalue weighted by Gasteiger charge is -2.20. The highest BCUT2D eigenvalue weighted by Gasteiger charge is 2.12. The van der Waals surface area contributed by atoms with Crippen molar-refractivity contribution in [3.63, 3.8) is 0 Å². The van der Waals surface area contributed by atoms with Gasteiger partial charge in [-0.1, -0.05) is 6.92 Å². The fourth-order valence-corrected chi connectivity index (χ4v) is 2.53. The van der Waals surface area contributed by atoms with E-state index in [4.69, 9.17) is 0 Å². The Bertz CT molecular complexity index is 379. The minimum absolute atomic E-state index is 0.107. The number of thiophene rings is 1. The van der Waals surface area contributed by atoms with Gasteiger partial charge >= 0.3 is 0 Å². The van der Waals surface area contributed by atoms with Crippen LogP contribution in [0.15, 0.2) is 12.1 Å². The molecule has 0 aliphatic heterocycles. The van der Waals surface area contributed by atoms with E-state index in [1.807, 2.05) is 32.1 Å². The minimum atomic E-state index is -0.138. The number of nitrogens with one attached hydrogen (secondary N) is 2. The summed E-state index contributed by atoms with van der Waals surface area (Å²) >= 11 is 1.84. The molecule has 1 rings (SSSR count). The number of amides is 1. The third-order valence-electron chi connectivity index (χ3n) is 2.41. The van der Waals surface area contributed by atoms with Crippen LogP contribution in [0.5, 0.6) is 0 Å². The van der Waals surface area contributed by atoms with Gasteiger partial charge in [-0.05, 0) is 39.3 Å². The van der Waals surface area contributed by atoms with E-state index in [2.05, 4.69) is 29.7 Å². The van der Waals surface area contributed by atoms with Crippen molar-refractivity contribution in [1.29, 1.82) is 0 Å². The van der Waals surface area contributed by atoms with Gasteiger partial charge in [-0.15, -0.1) is 11.3 Å². The van der Waals surface area contributed by atoms with Crippen LogP contribution in [0.1, 0.15) is 43.9 Å². The summed E-state index contributed by atoms with van der Waals surface area (Å²) < 4.78 is 0. The predicted octanol–water partition coefficient (Wildman–Crippen LogP) is 2.70. The first kappa shape index (κ1) is 15.2. The van der Waals surface area contributed by atoms with Gasteiger partial charge in [0.15, 0.2) is 0 Å². The lowest BCUT2D eigenvalue weighted by atomic mass is 10.1. The predicted molar refractivity (Wildman–Crippen MR) is 77.9 cm³/mol. The van der Waals surface area contributed by atoms with Crippen LogP contribution in [0.4, 0.5) is 0 Å². The van der Waals surface area contributed by atoms with Crippen molar-refractivity contribution in [2.45, 2.75) is 52.6 Å². The maximum Gasteiger partial charge on any atom is 0.221 e. The van der Waals surface area contributed by atoms with Gasteiger partial charge < -0.3 is 10.6 Å². The minimum Gasteiger partial charge on any atom is -0.351 e. The molecule has 0 aromatic carbocycles. The van der Waals surface area contributed by atoms with Gasteiger partial charge in [0.1, 0.15) is 0 Å². The second-order valence-corrected chi connectivity index (χ2v) is 6.70. The van der Waals surface area contributed by atoms with Gasteiger partial charge in [-0.3, -0.25) is 4.79 Å². The number of rotatable bonds is 6. The molecule has 0 radical (unpaired) electrons. The molecular formula is C14H24N2OS. The molecule has 1 amide bonds. The fourth-order valence-electron chi connectivity index (χ4n) is 1.60. The van der Waals surface area contributed by atoms with Gasteiger partial charge in [-0.25, -0.2) is 0 Å². The zero-order valence-corrected chi connectivity index (χ0v) is 12.6. The van der Waals surface area contributed by atoms with E-state index >= 15 is 0 Å². The summed E-state index contributed by atoms with van der Waals surface area (Å²) in [6, 6.07) is 4.33. The molecule has 0 unspecified atom stereocenters. The van der Waals surface area contributed by atoms with E-state index in [-0.39, 0.29) is 11.4 Å². The SMILES string of the molecule is CCc1ccc(CNCCC(=O)NC(C)(C)C)s1. The highest BCUT2D eigenvalue weighted by molar-refractivity contribution is 7.11. The third kappa shape index (κ3) is 6.17. The molecule has 2 N–H and O–H groups in total. The Balaban J connectivity index is 2.17. The molecule has 0 fully saturated rings. The summed E-state index contributed by atoms with van der Waals surface area (Å²) in [6.45, 7) is 9.73. The van der Waals surface area contributed by atoms with E-state index in [1.54, 1.807) is 0 Å². The Morgan fingerprint density at radius 2 is 1.94 bits per heavy atom. The molecule has 0 aliphatic carbocycles. The molecule has 0 bridgehead atoms. The summed E-state index contributed by atoms with van der Waals surface area (Å²) in [5.74, 6) is 0.107. The lowest BCUT2D eigenvalue weighted by molar-refractivity contribution is -0.122. The lowest BCUT2D eigenvalue weighted by Crippen LogP contribution is -2.41. The van der Waals surface area contributed by atoms with Crippen LogP contribution < -0.4 is 10.6 Å². The molecule has 3 nitrogen and oxygen atoms in total. The smallest absolute Gasteiger partial charge is 0.221 e. The molecule has 1 aromatic rings. The van der Waals surface area contributed by atoms with Gasteiger partial charge in [0.2, 0.25) is 5.91 Å². The quantitative estimate of drug-likeness (QED) is 0.779. The molecule has 0 atom stereocenters. The Kier molecular flexibility index (Phi) is 5.82. The van der Waals surface area contributed by atoms with Crippen molar-refractivity contribution in [2.24, 2.45) is 0 Å². The number of aryl methyl sites for hydroxylation is 1. The highest BCUT2D eigenvalue weighted by atomic mass is 32.1. The van der Waals surface area contributed by atoms with Crippen LogP contribution in [0.25, 0.3) is 0 Å². The molecule has 1 aromatic heterocycles. The molecule has 0 saturated carbocycles. The molecular weight excluding hydrogens is 244 g/mol. The summed E-state index contributed by atoms with van der Waals surface area (Å²) in [4.78, 5) is 14.3. The first-order valence-corrected chi connectivity index (χ1v) is 7.31. The average molecular weight is 268 g/mol. The third-order valence-corrected chi connectivity index (χ3v) is 3.64. The number of hydrogen-bond acceptors (Lipinski definition) is 3. The highest BCUT2D eigenvalue weighted by Crippen LogP contribution is 2.16. The standard InChI is InChI=1S/C14H24N2OS/c1-5-11-6-7-12(18-11)10-15-9-8-13(17)16-14(2,3)4/h6-7,15H,5,8-10H2,1-4H3,(H,16,17). The first-order valence-electron chi connectivity index (χ1n) is 6.50. The summed E-state index contributed by atoms with van der Waals surface area (Å²) in [6.07, 6.45) is 1.63. The zero-order chi connectivity index (χ0) is 13.6. The molecule has 0 saturated heterocycles. The molecule has 18 heavy (non-hydrogen) atoms. The van der Waals surface area contributed by atoms with Crippen molar-refractivity contribution < 1.29 is 4.79 Å². The maximum absolute atomic E-state index is 11.6.